The summed E-state index contributed by atoms with van der Waals surface area (Å²) in [5.74, 6) is -2.49. The Hall–Kier alpha value is -2.56. The van der Waals surface area contributed by atoms with E-state index in [1.807, 2.05) is 0 Å². The van der Waals surface area contributed by atoms with Crippen molar-refractivity contribution in [3.05, 3.63) is 41.6 Å². The standard InChI is InChI=1S/C17H23N3O6S/c1-17(2,3)20-16(24)14(19-9-12(21)18-10-13(22)23)15(27(20,25)26)11-7-5-4-6-8-11/h4-8,19,25-26H,9-10H2,1-3H3,(H,18,21)(H,22,23). The average Bonchev–Trinajstić information content (AvgIpc) is 2.76. The van der Waals surface area contributed by atoms with Crippen molar-refractivity contribution in [1.29, 1.82) is 0 Å². The van der Waals surface area contributed by atoms with E-state index in [0.717, 1.165) is 4.31 Å². The second-order valence-electron chi connectivity index (χ2n) is 6.88. The maximum absolute atomic E-state index is 12.9. The molecule has 0 aliphatic carbocycles. The van der Waals surface area contributed by atoms with E-state index in [9.17, 15) is 23.5 Å². The lowest BCUT2D eigenvalue weighted by Crippen LogP contribution is -2.45. The van der Waals surface area contributed by atoms with Crippen molar-refractivity contribution in [1.82, 2.24) is 14.9 Å². The molecular weight excluding hydrogens is 374 g/mol. The minimum Gasteiger partial charge on any atom is -0.480 e. The van der Waals surface area contributed by atoms with Gasteiger partial charge in [0.15, 0.2) is 0 Å². The lowest BCUT2D eigenvalue weighted by atomic mass is 10.1. The van der Waals surface area contributed by atoms with Gasteiger partial charge in [-0.2, -0.15) is 0 Å². The number of rotatable bonds is 6. The molecule has 148 valence electrons. The van der Waals surface area contributed by atoms with Gasteiger partial charge in [0.1, 0.15) is 17.1 Å². The Kier molecular flexibility index (Phi) is 5.83. The molecule has 5 N–H and O–H groups in total. The second kappa shape index (κ2) is 7.59. The number of hydrogen-bond donors (Lipinski definition) is 5. The van der Waals surface area contributed by atoms with Crippen molar-refractivity contribution in [2.24, 2.45) is 0 Å². The molecule has 0 bridgehead atoms. The molecule has 0 aromatic heterocycles. The maximum atomic E-state index is 12.9. The molecule has 1 aromatic carbocycles. The highest BCUT2D eigenvalue weighted by molar-refractivity contribution is 8.31. The van der Waals surface area contributed by atoms with Crippen LogP contribution in [0.3, 0.4) is 0 Å². The Labute approximate surface area is 158 Å². The highest BCUT2D eigenvalue weighted by atomic mass is 32.3. The van der Waals surface area contributed by atoms with Crippen molar-refractivity contribution in [3.63, 3.8) is 0 Å². The fraction of sp³-hybridized carbons (Fsp3) is 0.353. The van der Waals surface area contributed by atoms with Crippen LogP contribution in [0.15, 0.2) is 36.0 Å². The van der Waals surface area contributed by atoms with E-state index in [2.05, 4.69) is 10.6 Å². The smallest absolute Gasteiger partial charge is 0.322 e. The topological polar surface area (TPSA) is 139 Å². The zero-order valence-electron chi connectivity index (χ0n) is 15.2. The molecule has 0 saturated carbocycles. The van der Waals surface area contributed by atoms with Crippen molar-refractivity contribution >= 4 is 33.5 Å². The fourth-order valence-corrected chi connectivity index (χ4v) is 4.84. The van der Waals surface area contributed by atoms with E-state index in [1.54, 1.807) is 51.1 Å². The third kappa shape index (κ3) is 4.41. The first-order valence-electron chi connectivity index (χ1n) is 8.11. The summed E-state index contributed by atoms with van der Waals surface area (Å²) in [6, 6.07) is 8.41. The summed E-state index contributed by atoms with van der Waals surface area (Å²) in [5, 5.41) is 13.4. The molecular formula is C17H23N3O6S. The second-order valence-corrected chi connectivity index (χ2v) is 8.69. The summed E-state index contributed by atoms with van der Waals surface area (Å²) in [5.41, 5.74) is -0.544. The third-order valence-electron chi connectivity index (χ3n) is 3.66. The van der Waals surface area contributed by atoms with Gasteiger partial charge in [0.05, 0.1) is 12.1 Å². The van der Waals surface area contributed by atoms with Gasteiger partial charge < -0.3 is 15.7 Å². The predicted molar refractivity (Wildman–Crippen MR) is 101 cm³/mol. The Morgan fingerprint density at radius 3 is 2.22 bits per heavy atom. The normalized spacial score (nSPS) is 17.7. The summed E-state index contributed by atoms with van der Waals surface area (Å²) < 4.78 is 22.7. The number of carbonyl (C=O) groups excluding carboxylic acids is 2. The molecule has 1 aliphatic heterocycles. The first-order chi connectivity index (χ1) is 12.5. The molecule has 0 fully saturated rings. The van der Waals surface area contributed by atoms with E-state index >= 15 is 0 Å². The summed E-state index contributed by atoms with van der Waals surface area (Å²) in [6.07, 6.45) is 0. The quantitative estimate of drug-likeness (QED) is 0.489. The largest absolute Gasteiger partial charge is 0.480 e. The Morgan fingerprint density at radius 2 is 1.70 bits per heavy atom. The van der Waals surface area contributed by atoms with Gasteiger partial charge in [0.2, 0.25) is 5.91 Å². The van der Waals surface area contributed by atoms with Crippen LogP contribution in [0.5, 0.6) is 0 Å². The van der Waals surface area contributed by atoms with Gasteiger partial charge in [0.25, 0.3) is 5.91 Å². The first kappa shape index (κ1) is 20.7. The SMILES string of the molecule is CC(C)(C)N1C(=O)C(NCC(=O)NCC(=O)O)=C(c2ccccc2)S1(O)O. The Morgan fingerprint density at radius 1 is 1.11 bits per heavy atom. The molecule has 1 heterocycles. The monoisotopic (exact) mass is 397 g/mol. The minimum atomic E-state index is -3.64. The molecule has 0 saturated heterocycles. The first-order valence-corrected chi connectivity index (χ1v) is 9.61. The lowest BCUT2D eigenvalue weighted by Gasteiger charge is -2.45. The average molecular weight is 397 g/mol. The maximum Gasteiger partial charge on any atom is 0.322 e. The van der Waals surface area contributed by atoms with Crippen LogP contribution in [-0.2, 0) is 14.4 Å². The van der Waals surface area contributed by atoms with Crippen molar-refractivity contribution < 1.29 is 28.6 Å². The number of carboxylic acids is 1. The third-order valence-corrected chi connectivity index (χ3v) is 5.87. The summed E-state index contributed by atoms with van der Waals surface area (Å²) in [7, 11) is -3.64. The van der Waals surface area contributed by atoms with Crippen LogP contribution < -0.4 is 10.6 Å². The minimum absolute atomic E-state index is 0.00839. The van der Waals surface area contributed by atoms with Gasteiger partial charge in [-0.3, -0.25) is 23.5 Å². The molecule has 10 heteroatoms. The van der Waals surface area contributed by atoms with Gasteiger partial charge in [0, 0.05) is 5.56 Å². The molecule has 27 heavy (non-hydrogen) atoms. The van der Waals surface area contributed by atoms with Crippen LogP contribution >= 0.6 is 10.8 Å². The van der Waals surface area contributed by atoms with E-state index in [0.29, 0.717) is 5.56 Å². The number of benzene rings is 1. The zero-order valence-corrected chi connectivity index (χ0v) is 16.0. The fourth-order valence-electron chi connectivity index (χ4n) is 2.68. The number of nitrogens with one attached hydrogen (secondary N) is 2. The van der Waals surface area contributed by atoms with Crippen LogP contribution in [0.2, 0.25) is 0 Å². The van der Waals surface area contributed by atoms with Crippen LogP contribution in [-0.4, -0.2) is 54.9 Å². The van der Waals surface area contributed by atoms with Gasteiger partial charge in [-0.1, -0.05) is 41.1 Å². The molecule has 2 amide bonds. The van der Waals surface area contributed by atoms with Gasteiger partial charge in [-0.15, -0.1) is 0 Å². The molecule has 9 nitrogen and oxygen atoms in total. The number of nitrogens with zero attached hydrogens (tertiary/aromatic N) is 1. The van der Waals surface area contributed by atoms with Crippen molar-refractivity contribution in [3.8, 4) is 0 Å². The highest BCUT2D eigenvalue weighted by Gasteiger charge is 2.49. The lowest BCUT2D eigenvalue weighted by molar-refractivity contribution is -0.137. The molecule has 1 aliphatic rings. The molecule has 1 aromatic rings. The Bertz CT molecular complexity index is 786. The summed E-state index contributed by atoms with van der Waals surface area (Å²) >= 11 is 0. The van der Waals surface area contributed by atoms with Crippen LogP contribution in [0, 0.1) is 0 Å². The van der Waals surface area contributed by atoms with Crippen LogP contribution in [0.4, 0.5) is 0 Å². The Balaban J connectivity index is 2.39. The summed E-state index contributed by atoms with van der Waals surface area (Å²) in [4.78, 5) is 35.2. The van der Waals surface area contributed by atoms with Crippen LogP contribution in [0.25, 0.3) is 4.91 Å². The number of hydrogen-bond acceptors (Lipinski definition) is 6. The van der Waals surface area contributed by atoms with Crippen molar-refractivity contribution in [2.75, 3.05) is 13.1 Å². The van der Waals surface area contributed by atoms with E-state index < -0.39 is 47.2 Å². The predicted octanol–water partition coefficient (Wildman–Crippen LogP) is 1.45. The van der Waals surface area contributed by atoms with E-state index in [4.69, 9.17) is 5.11 Å². The molecule has 0 unspecified atom stereocenters. The van der Waals surface area contributed by atoms with Crippen molar-refractivity contribution in [2.45, 2.75) is 26.3 Å². The van der Waals surface area contributed by atoms with E-state index in [1.165, 1.54) is 0 Å². The highest BCUT2D eigenvalue weighted by Crippen LogP contribution is 2.63. The van der Waals surface area contributed by atoms with Gasteiger partial charge >= 0.3 is 5.97 Å². The summed E-state index contributed by atoms with van der Waals surface area (Å²) in [6.45, 7) is 4.07. The van der Waals surface area contributed by atoms with Crippen LogP contribution in [0.1, 0.15) is 26.3 Å². The number of aliphatic carboxylic acids is 1. The van der Waals surface area contributed by atoms with Gasteiger partial charge in [-0.05, 0) is 20.8 Å². The molecule has 0 atom stereocenters. The molecule has 0 spiro atoms. The van der Waals surface area contributed by atoms with E-state index in [-0.39, 0.29) is 10.6 Å². The number of amides is 2. The zero-order chi connectivity index (χ0) is 20.4. The molecule has 2 rings (SSSR count). The number of carbonyl (C=O) groups is 3. The number of carboxylic acid groups (broad SMARTS) is 1. The molecule has 0 radical (unpaired) electrons. The van der Waals surface area contributed by atoms with Gasteiger partial charge in [-0.25, -0.2) is 4.31 Å².